The Labute approximate surface area is 137 Å². The zero-order valence-electron chi connectivity index (χ0n) is 11.7. The predicted molar refractivity (Wildman–Crippen MR) is 86.7 cm³/mol. The maximum atomic E-state index is 12.3. The summed E-state index contributed by atoms with van der Waals surface area (Å²) in [7, 11) is -0.875. The topological polar surface area (TPSA) is 94.4 Å². The molecule has 1 fully saturated rings. The maximum absolute atomic E-state index is 12.3. The van der Waals surface area contributed by atoms with Gasteiger partial charge in [0.2, 0.25) is 15.0 Å². The van der Waals surface area contributed by atoms with Gasteiger partial charge >= 0.3 is 0 Å². The summed E-state index contributed by atoms with van der Waals surface area (Å²) in [5, 5.41) is 11.0. The van der Waals surface area contributed by atoms with E-state index in [1.807, 2.05) is 0 Å². The third-order valence-corrected chi connectivity index (χ3v) is 6.70. The van der Waals surface area contributed by atoms with E-state index in [0.717, 1.165) is 16.3 Å². The molecule has 2 N–H and O–H groups in total. The van der Waals surface area contributed by atoms with Crippen LogP contribution in [0.5, 0.6) is 0 Å². The van der Waals surface area contributed by atoms with Crippen molar-refractivity contribution in [2.24, 2.45) is 9.98 Å². The summed E-state index contributed by atoms with van der Waals surface area (Å²) in [6, 6.07) is 4.40. The van der Waals surface area contributed by atoms with E-state index in [1.54, 1.807) is 6.07 Å². The third-order valence-electron chi connectivity index (χ3n) is 3.38. The minimum atomic E-state index is -3.72. The van der Waals surface area contributed by atoms with Crippen molar-refractivity contribution in [1.82, 2.24) is 9.03 Å². The van der Waals surface area contributed by atoms with Crippen molar-refractivity contribution in [3.63, 3.8) is 0 Å². The molecule has 0 saturated carbocycles. The Hall–Kier alpha value is -1.13. The Balaban J connectivity index is 2.13. The molecule has 0 amide bonds. The van der Waals surface area contributed by atoms with E-state index in [-0.39, 0.29) is 16.6 Å². The quantitative estimate of drug-likeness (QED) is 0.777. The van der Waals surface area contributed by atoms with Gasteiger partial charge in [0.25, 0.3) is 0 Å². The minimum Gasteiger partial charge on any atom is -0.368 e. The zero-order valence-corrected chi connectivity index (χ0v) is 14.1. The highest BCUT2D eigenvalue weighted by atomic mass is 35.5. The van der Waals surface area contributed by atoms with Crippen molar-refractivity contribution < 1.29 is 13.5 Å². The standard InChI is InChI=1S/C12H13ClN4O3S2/c1-17(2)22(19,20)9-5-7(3-4-8(9)13)12(18)10-11(16-21-12)15-6-14-10/h3-5,18H,6H2,1-2H3,(H,15,16). The zero-order chi connectivity index (χ0) is 16.1. The van der Waals surface area contributed by atoms with Gasteiger partial charge in [0.15, 0.2) is 5.84 Å². The smallest absolute Gasteiger partial charge is 0.244 e. The van der Waals surface area contributed by atoms with Gasteiger partial charge in [-0.3, -0.25) is 4.99 Å². The molecule has 1 atom stereocenters. The molecule has 0 aliphatic carbocycles. The molecule has 2 heterocycles. The molecule has 3 rings (SSSR count). The van der Waals surface area contributed by atoms with E-state index in [1.165, 1.54) is 26.2 Å². The van der Waals surface area contributed by atoms with Gasteiger partial charge in [0, 0.05) is 19.7 Å². The molecular formula is C12H13ClN4O3S2. The third kappa shape index (κ3) is 2.24. The number of benzene rings is 1. The predicted octanol–water partition coefficient (Wildman–Crippen LogP) is 0.797. The monoisotopic (exact) mass is 360 g/mol. The molecule has 118 valence electrons. The van der Waals surface area contributed by atoms with Gasteiger partial charge in [-0.1, -0.05) is 17.7 Å². The van der Waals surface area contributed by atoms with Crippen molar-refractivity contribution in [2.45, 2.75) is 9.83 Å². The second-order valence-electron chi connectivity index (χ2n) is 4.94. The molecular weight excluding hydrogens is 348 g/mol. The Morgan fingerprint density at radius 3 is 2.82 bits per heavy atom. The first-order valence-electron chi connectivity index (χ1n) is 6.25. The van der Waals surface area contributed by atoms with Crippen LogP contribution in [0.3, 0.4) is 0 Å². The van der Waals surface area contributed by atoms with Crippen molar-refractivity contribution in [3.05, 3.63) is 28.8 Å². The lowest BCUT2D eigenvalue weighted by molar-refractivity contribution is 0.213. The Morgan fingerprint density at radius 2 is 2.14 bits per heavy atom. The average molecular weight is 361 g/mol. The van der Waals surface area contributed by atoms with Crippen LogP contribution in [0.4, 0.5) is 0 Å². The highest BCUT2D eigenvalue weighted by Crippen LogP contribution is 2.41. The van der Waals surface area contributed by atoms with Crippen LogP contribution in [0.2, 0.25) is 5.02 Å². The maximum Gasteiger partial charge on any atom is 0.244 e. The number of hydrogen-bond acceptors (Lipinski definition) is 7. The second kappa shape index (κ2) is 5.20. The van der Waals surface area contributed by atoms with Crippen LogP contribution in [-0.2, 0) is 15.0 Å². The fourth-order valence-electron chi connectivity index (χ4n) is 2.15. The molecule has 1 aromatic rings. The van der Waals surface area contributed by atoms with Gasteiger partial charge in [0.1, 0.15) is 17.3 Å². The van der Waals surface area contributed by atoms with Crippen molar-refractivity contribution in [3.8, 4) is 0 Å². The summed E-state index contributed by atoms with van der Waals surface area (Å²) in [4.78, 5) is 6.72. The fraction of sp³-hybridized carbons (Fsp3) is 0.333. The van der Waals surface area contributed by atoms with E-state index in [9.17, 15) is 13.5 Å². The van der Waals surface area contributed by atoms with Crippen LogP contribution in [0.25, 0.3) is 0 Å². The molecule has 0 bridgehead atoms. The van der Waals surface area contributed by atoms with E-state index in [2.05, 4.69) is 14.7 Å². The van der Waals surface area contributed by atoms with Crippen molar-refractivity contribution >= 4 is 45.1 Å². The number of hydrogen-bond donors (Lipinski definition) is 2. The Kier molecular flexibility index (Phi) is 3.73. The van der Waals surface area contributed by atoms with E-state index in [0.29, 0.717) is 17.1 Å². The SMILES string of the molecule is CN(C)S(=O)(=O)c1cc(C2(O)SNC3=NCN=C32)ccc1Cl. The first kappa shape index (κ1) is 15.8. The molecule has 1 unspecified atom stereocenters. The van der Waals surface area contributed by atoms with Gasteiger partial charge < -0.3 is 9.83 Å². The van der Waals surface area contributed by atoms with Gasteiger partial charge in [-0.05, 0) is 24.1 Å². The number of aliphatic imine (C=N–C) groups is 2. The lowest BCUT2D eigenvalue weighted by Gasteiger charge is -2.22. The average Bonchev–Trinajstić information content (AvgIpc) is 3.04. The summed E-state index contributed by atoms with van der Waals surface area (Å²) in [6.45, 7) is 0.247. The molecule has 1 saturated heterocycles. The lowest BCUT2D eigenvalue weighted by atomic mass is 10.0. The van der Waals surface area contributed by atoms with Crippen LogP contribution in [-0.4, -0.2) is 50.1 Å². The number of sulfonamides is 1. The minimum absolute atomic E-state index is 0.0605. The van der Waals surface area contributed by atoms with Crippen molar-refractivity contribution in [2.75, 3.05) is 20.8 Å². The molecule has 0 radical (unpaired) electrons. The Morgan fingerprint density at radius 1 is 1.41 bits per heavy atom. The first-order chi connectivity index (χ1) is 10.3. The normalized spacial score (nSPS) is 24.0. The van der Waals surface area contributed by atoms with Crippen LogP contribution in [0.15, 0.2) is 33.1 Å². The highest BCUT2D eigenvalue weighted by molar-refractivity contribution is 8.00. The van der Waals surface area contributed by atoms with Crippen LogP contribution in [0, 0.1) is 0 Å². The molecule has 22 heavy (non-hydrogen) atoms. The van der Waals surface area contributed by atoms with Gasteiger partial charge in [0.05, 0.1) is 5.02 Å². The molecule has 2 aliphatic rings. The van der Waals surface area contributed by atoms with Crippen molar-refractivity contribution in [1.29, 1.82) is 0 Å². The van der Waals surface area contributed by atoms with Gasteiger partial charge in [-0.25, -0.2) is 17.7 Å². The van der Waals surface area contributed by atoms with Gasteiger partial charge in [-0.2, -0.15) is 0 Å². The summed E-state index contributed by atoms with van der Waals surface area (Å²) in [5.74, 6) is 0.513. The summed E-state index contributed by atoms with van der Waals surface area (Å²) < 4.78 is 28.6. The molecule has 10 heteroatoms. The number of fused-ring (bicyclic) bond motifs is 1. The number of halogens is 1. The fourth-order valence-corrected chi connectivity index (χ4v) is 4.45. The molecule has 7 nitrogen and oxygen atoms in total. The first-order valence-corrected chi connectivity index (χ1v) is 8.89. The number of rotatable bonds is 3. The van der Waals surface area contributed by atoms with Gasteiger partial charge in [-0.15, -0.1) is 0 Å². The van der Waals surface area contributed by atoms with Crippen LogP contribution >= 0.6 is 23.5 Å². The number of nitrogens with zero attached hydrogens (tertiary/aromatic N) is 3. The number of amidine groups is 1. The van der Waals surface area contributed by atoms with E-state index < -0.39 is 15.0 Å². The van der Waals surface area contributed by atoms with E-state index in [4.69, 9.17) is 11.6 Å². The summed E-state index contributed by atoms with van der Waals surface area (Å²) in [6.07, 6.45) is 0. The second-order valence-corrected chi connectivity index (χ2v) is 8.46. The number of nitrogens with one attached hydrogen (secondary N) is 1. The molecule has 0 aromatic heterocycles. The van der Waals surface area contributed by atoms with Crippen LogP contribution < -0.4 is 4.72 Å². The summed E-state index contributed by atoms with van der Waals surface area (Å²) in [5.41, 5.74) is 0.772. The molecule has 0 spiro atoms. The number of aliphatic hydroxyl groups is 1. The largest absolute Gasteiger partial charge is 0.368 e. The molecule has 2 aliphatic heterocycles. The summed E-state index contributed by atoms with van der Waals surface area (Å²) >= 11 is 7.04. The molecule has 1 aromatic carbocycles. The van der Waals surface area contributed by atoms with E-state index >= 15 is 0 Å². The Bertz CT molecular complexity index is 807. The van der Waals surface area contributed by atoms with Crippen LogP contribution in [0.1, 0.15) is 5.56 Å². The highest BCUT2D eigenvalue weighted by Gasteiger charge is 2.47. The lowest BCUT2D eigenvalue weighted by Crippen LogP contribution is -2.31.